The fourth-order valence-corrected chi connectivity index (χ4v) is 1.77. The van der Waals surface area contributed by atoms with Gasteiger partial charge in [-0.05, 0) is 57.9 Å². The summed E-state index contributed by atoms with van der Waals surface area (Å²) < 4.78 is 12.8. The average molecular weight is 248 g/mol. The van der Waals surface area contributed by atoms with Crippen LogP contribution in [0.5, 0.6) is 0 Å². The van der Waals surface area contributed by atoms with E-state index >= 15 is 0 Å². The summed E-state index contributed by atoms with van der Waals surface area (Å²) in [5, 5.41) is 12.3. The van der Waals surface area contributed by atoms with Crippen molar-refractivity contribution in [1.82, 2.24) is 5.32 Å². The first-order chi connectivity index (χ1) is 8.44. The van der Waals surface area contributed by atoms with Gasteiger partial charge in [0, 0.05) is 6.04 Å². The monoisotopic (exact) mass is 248 g/mol. The highest BCUT2D eigenvalue weighted by molar-refractivity contribution is 5.19. The molecule has 0 spiro atoms. The summed E-state index contributed by atoms with van der Waals surface area (Å²) >= 11 is 0. The van der Waals surface area contributed by atoms with E-state index in [1.807, 2.05) is 13.8 Å². The Morgan fingerprint density at radius 3 is 2.50 bits per heavy atom. The van der Waals surface area contributed by atoms with Crippen LogP contribution in [0.3, 0.4) is 0 Å². The van der Waals surface area contributed by atoms with Gasteiger partial charge >= 0.3 is 0 Å². The van der Waals surface area contributed by atoms with E-state index in [-0.39, 0.29) is 17.3 Å². The van der Waals surface area contributed by atoms with Crippen molar-refractivity contribution in [2.24, 2.45) is 5.41 Å². The number of nitrogens with zero attached hydrogens (tertiary/aromatic N) is 1. The number of nitrogens with one attached hydrogen (secondary N) is 1. The molecule has 0 amide bonds. The Bertz CT molecular complexity index is 403. The maximum Gasteiger partial charge on any atom is 0.123 e. The Morgan fingerprint density at radius 2 is 1.94 bits per heavy atom. The number of hydrogen-bond acceptors (Lipinski definition) is 2. The first-order valence-corrected chi connectivity index (χ1v) is 6.35. The fourth-order valence-electron chi connectivity index (χ4n) is 1.77. The van der Waals surface area contributed by atoms with Crippen LogP contribution < -0.4 is 5.32 Å². The lowest BCUT2D eigenvalue weighted by Gasteiger charge is -2.17. The SMILES string of the molecule is CC(NCCCC(C)(C)C#N)c1ccc(F)cc1. The lowest BCUT2D eigenvalue weighted by molar-refractivity contribution is 0.417. The lowest BCUT2D eigenvalue weighted by atomic mass is 9.90. The summed E-state index contributed by atoms with van der Waals surface area (Å²) in [5.41, 5.74) is 0.830. The highest BCUT2D eigenvalue weighted by Crippen LogP contribution is 2.20. The first-order valence-electron chi connectivity index (χ1n) is 6.35. The molecule has 3 heteroatoms. The summed E-state index contributed by atoms with van der Waals surface area (Å²) in [6, 6.07) is 9.05. The van der Waals surface area contributed by atoms with E-state index in [2.05, 4.69) is 18.3 Å². The molecule has 1 aromatic carbocycles. The second-order valence-corrected chi connectivity index (χ2v) is 5.33. The normalized spacial score (nSPS) is 13.1. The Hall–Kier alpha value is -1.40. The predicted octanol–water partition coefficient (Wildman–Crippen LogP) is 3.81. The standard InChI is InChI=1S/C15H21FN2/c1-12(13-5-7-14(16)8-6-13)18-10-4-9-15(2,3)11-17/h5-8,12,18H,4,9-10H2,1-3H3. The van der Waals surface area contributed by atoms with Gasteiger partial charge in [-0.2, -0.15) is 5.26 Å². The van der Waals surface area contributed by atoms with Crippen molar-refractivity contribution in [3.63, 3.8) is 0 Å². The van der Waals surface area contributed by atoms with Crippen LogP contribution in [-0.4, -0.2) is 6.54 Å². The number of benzene rings is 1. The number of nitriles is 1. The third-order valence-corrected chi connectivity index (χ3v) is 3.10. The van der Waals surface area contributed by atoms with Gasteiger partial charge in [0.25, 0.3) is 0 Å². The number of halogens is 1. The smallest absolute Gasteiger partial charge is 0.123 e. The summed E-state index contributed by atoms with van der Waals surface area (Å²) in [4.78, 5) is 0. The van der Waals surface area contributed by atoms with Gasteiger partial charge in [0.15, 0.2) is 0 Å². The zero-order valence-electron chi connectivity index (χ0n) is 11.3. The van der Waals surface area contributed by atoms with Gasteiger partial charge in [0.1, 0.15) is 5.82 Å². The molecule has 98 valence electrons. The van der Waals surface area contributed by atoms with Crippen LogP contribution in [0.15, 0.2) is 24.3 Å². The van der Waals surface area contributed by atoms with E-state index in [9.17, 15) is 4.39 Å². The van der Waals surface area contributed by atoms with E-state index in [1.54, 1.807) is 12.1 Å². The quantitative estimate of drug-likeness (QED) is 0.777. The molecule has 0 radical (unpaired) electrons. The second-order valence-electron chi connectivity index (χ2n) is 5.33. The Kier molecular flexibility index (Phi) is 5.30. The molecule has 0 fully saturated rings. The maximum atomic E-state index is 12.8. The fraction of sp³-hybridized carbons (Fsp3) is 0.533. The van der Waals surface area contributed by atoms with Crippen molar-refractivity contribution < 1.29 is 4.39 Å². The van der Waals surface area contributed by atoms with Crippen LogP contribution in [0, 0.1) is 22.6 Å². The zero-order valence-corrected chi connectivity index (χ0v) is 11.3. The van der Waals surface area contributed by atoms with Gasteiger partial charge in [-0.1, -0.05) is 12.1 Å². The summed E-state index contributed by atoms with van der Waals surface area (Å²) in [5.74, 6) is -0.207. The highest BCUT2D eigenvalue weighted by atomic mass is 19.1. The summed E-state index contributed by atoms with van der Waals surface area (Å²) in [6.45, 7) is 6.83. The zero-order chi connectivity index (χ0) is 13.6. The molecule has 1 rings (SSSR count). The number of hydrogen-bond donors (Lipinski definition) is 1. The summed E-state index contributed by atoms with van der Waals surface area (Å²) in [6.07, 6.45) is 1.85. The van der Waals surface area contributed by atoms with E-state index in [0.717, 1.165) is 24.9 Å². The molecule has 1 atom stereocenters. The van der Waals surface area contributed by atoms with Crippen LogP contribution in [0.25, 0.3) is 0 Å². The molecular formula is C15H21FN2. The Morgan fingerprint density at radius 1 is 1.33 bits per heavy atom. The molecule has 0 bridgehead atoms. The molecule has 0 aliphatic rings. The summed E-state index contributed by atoms with van der Waals surface area (Å²) in [7, 11) is 0. The molecule has 18 heavy (non-hydrogen) atoms. The minimum Gasteiger partial charge on any atom is -0.310 e. The molecule has 0 aliphatic heterocycles. The van der Waals surface area contributed by atoms with Crippen molar-refractivity contribution in [3.8, 4) is 6.07 Å². The minimum atomic E-state index is -0.249. The molecule has 0 heterocycles. The van der Waals surface area contributed by atoms with Gasteiger partial charge in [0.2, 0.25) is 0 Å². The van der Waals surface area contributed by atoms with E-state index in [1.165, 1.54) is 12.1 Å². The van der Waals surface area contributed by atoms with Crippen LogP contribution >= 0.6 is 0 Å². The number of rotatable bonds is 6. The molecule has 2 nitrogen and oxygen atoms in total. The van der Waals surface area contributed by atoms with Gasteiger partial charge in [-0.15, -0.1) is 0 Å². The second kappa shape index (κ2) is 6.51. The molecule has 0 aromatic heterocycles. The minimum absolute atomic E-state index is 0.204. The van der Waals surface area contributed by atoms with Crippen molar-refractivity contribution in [2.45, 2.75) is 39.7 Å². The van der Waals surface area contributed by atoms with E-state index < -0.39 is 0 Å². The van der Waals surface area contributed by atoms with E-state index in [0.29, 0.717) is 0 Å². The predicted molar refractivity (Wildman–Crippen MR) is 71.4 cm³/mol. The van der Waals surface area contributed by atoms with Crippen molar-refractivity contribution in [3.05, 3.63) is 35.6 Å². The molecule has 1 N–H and O–H groups in total. The molecule has 1 aromatic rings. The molecule has 1 unspecified atom stereocenters. The highest BCUT2D eigenvalue weighted by Gasteiger charge is 2.15. The van der Waals surface area contributed by atoms with Crippen molar-refractivity contribution >= 4 is 0 Å². The molecule has 0 saturated carbocycles. The Labute approximate surface area is 109 Å². The largest absolute Gasteiger partial charge is 0.310 e. The third-order valence-electron chi connectivity index (χ3n) is 3.10. The average Bonchev–Trinajstić information content (AvgIpc) is 2.35. The van der Waals surface area contributed by atoms with Crippen molar-refractivity contribution in [2.75, 3.05) is 6.54 Å². The van der Waals surface area contributed by atoms with Gasteiger partial charge in [-0.3, -0.25) is 0 Å². The molecule has 0 saturated heterocycles. The third kappa shape index (κ3) is 4.85. The van der Waals surface area contributed by atoms with Crippen LogP contribution in [0.2, 0.25) is 0 Å². The van der Waals surface area contributed by atoms with Crippen LogP contribution in [0.1, 0.15) is 45.2 Å². The first kappa shape index (κ1) is 14.7. The van der Waals surface area contributed by atoms with Gasteiger partial charge in [-0.25, -0.2) is 4.39 Å². The molecular weight excluding hydrogens is 227 g/mol. The Balaban J connectivity index is 2.32. The van der Waals surface area contributed by atoms with Gasteiger partial charge < -0.3 is 5.32 Å². The van der Waals surface area contributed by atoms with Crippen LogP contribution in [0.4, 0.5) is 4.39 Å². The molecule has 0 aliphatic carbocycles. The topological polar surface area (TPSA) is 35.8 Å². The lowest BCUT2D eigenvalue weighted by Crippen LogP contribution is -2.21. The van der Waals surface area contributed by atoms with E-state index in [4.69, 9.17) is 5.26 Å². The maximum absolute atomic E-state index is 12.8. The van der Waals surface area contributed by atoms with Gasteiger partial charge in [0.05, 0.1) is 11.5 Å². The van der Waals surface area contributed by atoms with Crippen LogP contribution in [-0.2, 0) is 0 Å². The van der Waals surface area contributed by atoms with Crippen molar-refractivity contribution in [1.29, 1.82) is 5.26 Å².